The molecular weight excluding hydrogens is 445 g/mol. The van der Waals surface area contributed by atoms with Crippen molar-refractivity contribution in [3.8, 4) is 0 Å². The number of amides is 2. The van der Waals surface area contributed by atoms with Crippen LogP contribution in [0.15, 0.2) is 54.6 Å². The molecule has 2 amide bonds. The van der Waals surface area contributed by atoms with Gasteiger partial charge in [-0.2, -0.15) is 0 Å². The molecule has 1 atom stereocenters. The van der Waals surface area contributed by atoms with Crippen molar-refractivity contribution in [1.82, 2.24) is 10.2 Å². The quantitative estimate of drug-likeness (QED) is 0.604. The van der Waals surface area contributed by atoms with Gasteiger partial charge in [0.15, 0.2) is 0 Å². The third kappa shape index (κ3) is 6.54. The smallest absolute Gasteiger partial charge is 0.244 e. The van der Waals surface area contributed by atoms with Crippen LogP contribution in [0.4, 0.5) is 10.1 Å². The minimum atomic E-state index is -3.96. The lowest BCUT2D eigenvalue weighted by Gasteiger charge is -2.32. The lowest BCUT2D eigenvalue weighted by Crippen LogP contribution is -2.52. The molecule has 1 aliphatic rings. The molecule has 0 saturated heterocycles. The zero-order valence-electron chi connectivity index (χ0n) is 18.9. The lowest BCUT2D eigenvalue weighted by molar-refractivity contribution is -0.139. The summed E-state index contributed by atoms with van der Waals surface area (Å²) in [5, 5.41) is 3.00. The summed E-state index contributed by atoms with van der Waals surface area (Å²) in [6.07, 6.45) is 4.83. The van der Waals surface area contributed by atoms with Crippen molar-refractivity contribution in [3.63, 3.8) is 0 Å². The van der Waals surface area contributed by atoms with Crippen LogP contribution in [0.3, 0.4) is 0 Å². The van der Waals surface area contributed by atoms with E-state index in [9.17, 15) is 22.4 Å². The second-order valence-corrected chi connectivity index (χ2v) is 10.3. The summed E-state index contributed by atoms with van der Waals surface area (Å²) in [5.41, 5.74) is 0.583. The zero-order chi connectivity index (χ0) is 24.0. The van der Waals surface area contributed by atoms with Gasteiger partial charge in [-0.15, -0.1) is 0 Å². The monoisotopic (exact) mass is 475 g/mol. The van der Waals surface area contributed by atoms with Crippen LogP contribution in [0.5, 0.6) is 0 Å². The molecule has 178 valence electrons. The summed E-state index contributed by atoms with van der Waals surface area (Å²) in [6, 6.07) is 13.8. The van der Waals surface area contributed by atoms with Gasteiger partial charge < -0.3 is 10.2 Å². The molecular formula is C24H30FN3O4S. The maximum absolute atomic E-state index is 14.4. The minimum absolute atomic E-state index is 0.0829. The van der Waals surface area contributed by atoms with Crippen LogP contribution < -0.4 is 9.62 Å². The summed E-state index contributed by atoms with van der Waals surface area (Å²) in [6.45, 7) is 1.13. The van der Waals surface area contributed by atoms with Gasteiger partial charge in [0.1, 0.15) is 18.4 Å². The number of carbonyl (C=O) groups is 2. The van der Waals surface area contributed by atoms with Crippen molar-refractivity contribution in [3.05, 3.63) is 66.0 Å². The molecule has 3 rings (SSSR count). The number of hydrogen-bond acceptors (Lipinski definition) is 4. The maximum atomic E-state index is 14.4. The van der Waals surface area contributed by atoms with Crippen LogP contribution in [-0.4, -0.2) is 50.0 Å². The van der Waals surface area contributed by atoms with Crippen molar-refractivity contribution in [2.45, 2.75) is 51.2 Å². The number of halogens is 1. The number of hydrogen-bond donors (Lipinski definition) is 1. The van der Waals surface area contributed by atoms with E-state index in [1.807, 2.05) is 30.3 Å². The molecule has 33 heavy (non-hydrogen) atoms. The Morgan fingerprint density at radius 3 is 2.27 bits per heavy atom. The molecule has 0 unspecified atom stereocenters. The normalized spacial score (nSPS) is 15.1. The van der Waals surface area contributed by atoms with Crippen LogP contribution in [0.1, 0.15) is 38.2 Å². The van der Waals surface area contributed by atoms with Crippen molar-refractivity contribution in [2.24, 2.45) is 0 Å². The fourth-order valence-electron chi connectivity index (χ4n) is 4.00. The second kappa shape index (κ2) is 10.8. The van der Waals surface area contributed by atoms with Crippen molar-refractivity contribution in [2.75, 3.05) is 17.1 Å². The summed E-state index contributed by atoms with van der Waals surface area (Å²) in [4.78, 5) is 27.7. The number of sulfonamides is 1. The Hall–Kier alpha value is -2.94. The van der Waals surface area contributed by atoms with Gasteiger partial charge in [-0.1, -0.05) is 55.3 Å². The number of nitrogens with one attached hydrogen (secondary N) is 1. The van der Waals surface area contributed by atoms with E-state index < -0.39 is 34.3 Å². The van der Waals surface area contributed by atoms with Gasteiger partial charge in [0.05, 0.1) is 11.9 Å². The SMILES string of the molecule is C[C@H](C(=O)NC1CCCC1)N(Cc1ccccc1)C(=O)CN(c1ccccc1F)S(C)(=O)=O. The number of anilines is 1. The van der Waals surface area contributed by atoms with E-state index in [1.165, 1.54) is 23.1 Å². The molecule has 2 aromatic rings. The van der Waals surface area contributed by atoms with Crippen molar-refractivity contribution in [1.29, 1.82) is 0 Å². The number of carbonyl (C=O) groups excluding carboxylic acids is 2. The Labute approximate surface area is 194 Å². The average molecular weight is 476 g/mol. The van der Waals surface area contributed by atoms with E-state index in [2.05, 4.69) is 5.32 Å². The van der Waals surface area contributed by atoms with E-state index in [0.29, 0.717) is 0 Å². The van der Waals surface area contributed by atoms with E-state index in [1.54, 1.807) is 6.92 Å². The molecule has 7 nitrogen and oxygen atoms in total. The predicted octanol–water partition coefficient (Wildman–Crippen LogP) is 3.07. The highest BCUT2D eigenvalue weighted by Gasteiger charge is 2.32. The topological polar surface area (TPSA) is 86.8 Å². The molecule has 0 bridgehead atoms. The van der Waals surface area contributed by atoms with Crippen LogP contribution in [-0.2, 0) is 26.2 Å². The third-order valence-corrected chi connectivity index (χ3v) is 6.99. The number of para-hydroxylation sites is 1. The summed E-state index contributed by atoms with van der Waals surface area (Å²) in [5.74, 6) is -1.64. The molecule has 0 aromatic heterocycles. The van der Waals surface area contributed by atoms with Crippen LogP contribution in [0.25, 0.3) is 0 Å². The summed E-state index contributed by atoms with van der Waals surface area (Å²) >= 11 is 0. The number of nitrogens with zero attached hydrogens (tertiary/aromatic N) is 2. The molecule has 1 fully saturated rings. The number of rotatable bonds is 9. The maximum Gasteiger partial charge on any atom is 0.244 e. The first-order valence-corrected chi connectivity index (χ1v) is 12.9. The number of benzene rings is 2. The Kier molecular flexibility index (Phi) is 8.07. The van der Waals surface area contributed by atoms with Gasteiger partial charge in [0, 0.05) is 12.6 Å². The molecule has 0 aliphatic heterocycles. The first-order chi connectivity index (χ1) is 15.7. The Morgan fingerprint density at radius 2 is 1.67 bits per heavy atom. The average Bonchev–Trinajstić information content (AvgIpc) is 3.29. The first-order valence-electron chi connectivity index (χ1n) is 11.0. The second-order valence-electron chi connectivity index (χ2n) is 8.39. The Morgan fingerprint density at radius 1 is 1.06 bits per heavy atom. The van der Waals surface area contributed by atoms with Gasteiger partial charge >= 0.3 is 0 Å². The standard InChI is InChI=1S/C24H30FN3O4S/c1-18(24(30)26-20-12-6-7-13-20)27(16-19-10-4-3-5-11-19)23(29)17-28(33(2,31)32)22-15-9-8-14-21(22)25/h3-5,8-11,14-15,18,20H,6-7,12-13,16-17H2,1-2H3,(H,26,30)/t18-/m1/s1. The van der Waals surface area contributed by atoms with Crippen molar-refractivity contribution >= 4 is 27.5 Å². The highest BCUT2D eigenvalue weighted by molar-refractivity contribution is 7.92. The molecule has 0 radical (unpaired) electrons. The van der Waals surface area contributed by atoms with Crippen molar-refractivity contribution < 1.29 is 22.4 Å². The van der Waals surface area contributed by atoms with Gasteiger partial charge in [0.25, 0.3) is 0 Å². The van der Waals surface area contributed by atoms with Gasteiger partial charge in [-0.3, -0.25) is 13.9 Å². The van der Waals surface area contributed by atoms with E-state index >= 15 is 0 Å². The minimum Gasteiger partial charge on any atom is -0.352 e. The van der Waals surface area contributed by atoms with E-state index in [4.69, 9.17) is 0 Å². The highest BCUT2D eigenvalue weighted by atomic mass is 32.2. The third-order valence-electron chi connectivity index (χ3n) is 5.86. The Balaban J connectivity index is 1.86. The fourth-order valence-corrected chi connectivity index (χ4v) is 4.85. The molecule has 2 aromatic carbocycles. The summed E-state index contributed by atoms with van der Waals surface area (Å²) < 4.78 is 40.0. The lowest BCUT2D eigenvalue weighted by atomic mass is 10.1. The molecule has 0 heterocycles. The molecule has 1 aliphatic carbocycles. The first kappa shape index (κ1) is 24.7. The summed E-state index contributed by atoms with van der Waals surface area (Å²) in [7, 11) is -3.96. The van der Waals surface area contributed by atoms with Gasteiger partial charge in [-0.25, -0.2) is 12.8 Å². The van der Waals surface area contributed by atoms with Gasteiger partial charge in [-0.05, 0) is 37.5 Å². The fraction of sp³-hybridized carbons (Fsp3) is 0.417. The highest BCUT2D eigenvalue weighted by Crippen LogP contribution is 2.23. The molecule has 1 saturated carbocycles. The Bertz CT molecular complexity index is 1070. The van der Waals surface area contributed by atoms with Crippen LogP contribution in [0, 0.1) is 5.82 Å². The molecule has 0 spiro atoms. The van der Waals surface area contributed by atoms with E-state index in [0.717, 1.165) is 47.9 Å². The van der Waals surface area contributed by atoms with E-state index in [-0.39, 0.29) is 24.2 Å². The van der Waals surface area contributed by atoms with Gasteiger partial charge in [0.2, 0.25) is 21.8 Å². The largest absolute Gasteiger partial charge is 0.352 e. The predicted molar refractivity (Wildman–Crippen MR) is 125 cm³/mol. The van der Waals surface area contributed by atoms with Crippen LogP contribution in [0.2, 0.25) is 0 Å². The molecule has 1 N–H and O–H groups in total. The molecule has 9 heteroatoms. The zero-order valence-corrected chi connectivity index (χ0v) is 19.7. The van der Waals surface area contributed by atoms with Crippen LogP contribution >= 0.6 is 0 Å².